The van der Waals surface area contributed by atoms with Gasteiger partial charge in [-0.15, -0.1) is 0 Å². The number of aromatic nitrogens is 4. The van der Waals surface area contributed by atoms with Gasteiger partial charge in [0.25, 0.3) is 5.56 Å². The maximum Gasteiger partial charge on any atom is 0.250 e. The average Bonchev–Trinajstić information content (AvgIpc) is 2.76. The lowest BCUT2D eigenvalue weighted by atomic mass is 10.1. The van der Waals surface area contributed by atoms with Gasteiger partial charge in [0.2, 0.25) is 0 Å². The van der Waals surface area contributed by atoms with Crippen LogP contribution in [0.4, 0.5) is 15.9 Å². The summed E-state index contributed by atoms with van der Waals surface area (Å²) in [6.45, 7) is 7.45. The SMILES string of the molecule is CC(C)n1cc(-c2nc(-c3ccc(N4CCNCC4)cn3)nc(N)c2F)ccc1=O. The first kappa shape index (κ1) is 20.0. The number of halogens is 1. The minimum atomic E-state index is -0.717. The Hall–Kier alpha value is -3.33. The number of anilines is 2. The van der Waals surface area contributed by atoms with Gasteiger partial charge in [0.15, 0.2) is 17.5 Å². The second-order valence-electron chi connectivity index (χ2n) is 7.49. The van der Waals surface area contributed by atoms with Crippen molar-refractivity contribution in [3.05, 3.63) is 52.8 Å². The number of hydrogen-bond acceptors (Lipinski definition) is 7. The molecule has 9 heteroatoms. The molecule has 0 unspecified atom stereocenters. The van der Waals surface area contributed by atoms with Crippen molar-refractivity contribution >= 4 is 11.5 Å². The quantitative estimate of drug-likeness (QED) is 0.680. The molecule has 0 saturated carbocycles. The maximum absolute atomic E-state index is 14.8. The molecule has 0 spiro atoms. The first-order valence-electron chi connectivity index (χ1n) is 9.91. The molecule has 0 bridgehead atoms. The van der Waals surface area contributed by atoms with E-state index in [1.807, 2.05) is 26.0 Å². The van der Waals surface area contributed by atoms with Crippen molar-refractivity contribution in [3.63, 3.8) is 0 Å². The van der Waals surface area contributed by atoms with E-state index < -0.39 is 5.82 Å². The van der Waals surface area contributed by atoms with Crippen LogP contribution in [0.5, 0.6) is 0 Å². The number of piperazine rings is 1. The van der Waals surface area contributed by atoms with Crippen LogP contribution in [0.2, 0.25) is 0 Å². The second kappa shape index (κ2) is 8.19. The van der Waals surface area contributed by atoms with Crippen LogP contribution in [0.3, 0.4) is 0 Å². The molecule has 156 valence electrons. The van der Waals surface area contributed by atoms with Crippen molar-refractivity contribution in [1.82, 2.24) is 24.8 Å². The zero-order chi connectivity index (χ0) is 21.3. The molecule has 8 nitrogen and oxygen atoms in total. The third-order valence-electron chi connectivity index (χ3n) is 5.10. The van der Waals surface area contributed by atoms with E-state index in [2.05, 4.69) is 25.2 Å². The molecule has 1 aliphatic rings. The zero-order valence-electron chi connectivity index (χ0n) is 17.0. The smallest absolute Gasteiger partial charge is 0.250 e. The van der Waals surface area contributed by atoms with E-state index >= 15 is 0 Å². The van der Waals surface area contributed by atoms with Gasteiger partial charge in [-0.1, -0.05) is 0 Å². The number of hydrogen-bond donors (Lipinski definition) is 2. The van der Waals surface area contributed by atoms with E-state index in [1.54, 1.807) is 12.4 Å². The van der Waals surface area contributed by atoms with Gasteiger partial charge in [-0.25, -0.2) is 14.4 Å². The van der Waals surface area contributed by atoms with Crippen molar-refractivity contribution in [2.75, 3.05) is 36.8 Å². The predicted molar refractivity (Wildman–Crippen MR) is 115 cm³/mol. The van der Waals surface area contributed by atoms with Gasteiger partial charge in [0, 0.05) is 50.0 Å². The van der Waals surface area contributed by atoms with E-state index in [0.29, 0.717) is 11.3 Å². The molecule has 1 saturated heterocycles. The molecule has 1 aliphatic heterocycles. The lowest BCUT2D eigenvalue weighted by Gasteiger charge is -2.29. The average molecular weight is 409 g/mol. The summed E-state index contributed by atoms with van der Waals surface area (Å²) in [7, 11) is 0. The fourth-order valence-corrected chi connectivity index (χ4v) is 3.45. The number of nitrogens with zero attached hydrogens (tertiary/aromatic N) is 5. The molecular weight excluding hydrogens is 385 g/mol. The monoisotopic (exact) mass is 409 g/mol. The molecule has 0 amide bonds. The molecule has 3 N–H and O–H groups in total. The topological polar surface area (TPSA) is 102 Å². The molecule has 0 radical (unpaired) electrons. The molecule has 4 rings (SSSR count). The summed E-state index contributed by atoms with van der Waals surface area (Å²) in [6.07, 6.45) is 3.35. The number of rotatable bonds is 4. The molecular formula is C21H24FN7O. The fraction of sp³-hybridized carbons (Fsp3) is 0.333. The first-order chi connectivity index (χ1) is 14.4. The molecule has 3 aromatic heterocycles. The van der Waals surface area contributed by atoms with E-state index in [4.69, 9.17) is 5.73 Å². The summed E-state index contributed by atoms with van der Waals surface area (Å²) < 4.78 is 16.3. The molecule has 0 aliphatic carbocycles. The highest BCUT2D eigenvalue weighted by Gasteiger charge is 2.18. The summed E-state index contributed by atoms with van der Waals surface area (Å²) in [5, 5.41) is 3.32. The molecule has 4 heterocycles. The predicted octanol–water partition coefficient (Wildman–Crippen LogP) is 2.08. The third-order valence-corrected chi connectivity index (χ3v) is 5.10. The lowest BCUT2D eigenvalue weighted by molar-refractivity contribution is 0.578. The molecule has 0 aromatic carbocycles. The van der Waals surface area contributed by atoms with Crippen LogP contribution in [0.1, 0.15) is 19.9 Å². The van der Waals surface area contributed by atoms with Crippen molar-refractivity contribution in [2.45, 2.75) is 19.9 Å². The van der Waals surface area contributed by atoms with Crippen molar-refractivity contribution in [3.8, 4) is 22.8 Å². The van der Waals surface area contributed by atoms with Crippen molar-refractivity contribution in [1.29, 1.82) is 0 Å². The first-order valence-corrected chi connectivity index (χ1v) is 9.91. The minimum Gasteiger partial charge on any atom is -0.381 e. The Morgan fingerprint density at radius 2 is 1.90 bits per heavy atom. The van der Waals surface area contributed by atoms with E-state index in [0.717, 1.165) is 31.9 Å². The summed E-state index contributed by atoms with van der Waals surface area (Å²) in [4.78, 5) is 27.2. The van der Waals surface area contributed by atoms with Gasteiger partial charge in [-0.2, -0.15) is 0 Å². The Bertz CT molecular complexity index is 1110. The summed E-state index contributed by atoms with van der Waals surface area (Å²) >= 11 is 0. The Labute approximate surface area is 173 Å². The van der Waals surface area contributed by atoms with Gasteiger partial charge in [0.1, 0.15) is 11.4 Å². The second-order valence-corrected chi connectivity index (χ2v) is 7.49. The maximum atomic E-state index is 14.8. The highest BCUT2D eigenvalue weighted by molar-refractivity contribution is 5.66. The highest BCUT2D eigenvalue weighted by atomic mass is 19.1. The van der Waals surface area contributed by atoms with Crippen LogP contribution in [-0.2, 0) is 0 Å². The van der Waals surface area contributed by atoms with E-state index in [1.165, 1.54) is 16.7 Å². The normalized spacial score (nSPS) is 14.3. The van der Waals surface area contributed by atoms with Crippen molar-refractivity contribution < 1.29 is 4.39 Å². The largest absolute Gasteiger partial charge is 0.381 e. The molecule has 1 fully saturated rings. The highest BCUT2D eigenvalue weighted by Crippen LogP contribution is 2.27. The van der Waals surface area contributed by atoms with Crippen molar-refractivity contribution in [2.24, 2.45) is 0 Å². The molecule has 30 heavy (non-hydrogen) atoms. The zero-order valence-corrected chi connectivity index (χ0v) is 17.0. The summed E-state index contributed by atoms with van der Waals surface area (Å²) in [5.74, 6) is -0.742. The van der Waals surface area contributed by atoms with Crippen LogP contribution >= 0.6 is 0 Å². The number of nitrogens with one attached hydrogen (secondary N) is 1. The third kappa shape index (κ3) is 3.88. The van der Waals surface area contributed by atoms with Crippen LogP contribution in [0.25, 0.3) is 22.8 Å². The Kier molecular flexibility index (Phi) is 5.45. The number of nitrogen functional groups attached to an aromatic ring is 1. The minimum absolute atomic E-state index is 0.0416. The van der Waals surface area contributed by atoms with Crippen LogP contribution in [0, 0.1) is 5.82 Å². The molecule has 3 aromatic rings. The fourth-order valence-electron chi connectivity index (χ4n) is 3.45. The van der Waals surface area contributed by atoms with E-state index in [9.17, 15) is 9.18 Å². The standard InChI is InChI=1S/C21H24FN7O/c1-13(2)29-12-14(3-6-17(29)30)19-18(22)20(23)27-21(26-19)16-5-4-15(11-25-16)28-9-7-24-8-10-28/h3-6,11-13,24H,7-10H2,1-2H3,(H2,23,26,27). The van der Waals surface area contributed by atoms with Gasteiger partial charge < -0.3 is 20.5 Å². The van der Waals surface area contributed by atoms with Crippen LogP contribution in [0.15, 0.2) is 41.5 Å². The van der Waals surface area contributed by atoms with Crippen LogP contribution in [-0.4, -0.2) is 45.7 Å². The van der Waals surface area contributed by atoms with E-state index in [-0.39, 0.29) is 28.9 Å². The number of pyridine rings is 2. The van der Waals surface area contributed by atoms with Gasteiger partial charge in [-0.05, 0) is 32.0 Å². The number of nitrogens with two attached hydrogens (primary N) is 1. The Morgan fingerprint density at radius 1 is 1.13 bits per heavy atom. The van der Waals surface area contributed by atoms with Gasteiger partial charge >= 0.3 is 0 Å². The van der Waals surface area contributed by atoms with Gasteiger partial charge in [0.05, 0.1) is 11.9 Å². The Balaban J connectivity index is 1.72. The van der Waals surface area contributed by atoms with Crippen LogP contribution < -0.4 is 21.5 Å². The Morgan fingerprint density at radius 3 is 2.57 bits per heavy atom. The molecule has 0 atom stereocenters. The lowest BCUT2D eigenvalue weighted by Crippen LogP contribution is -2.43. The summed E-state index contributed by atoms with van der Waals surface area (Å²) in [5.41, 5.74) is 7.67. The van der Waals surface area contributed by atoms with Gasteiger partial charge in [-0.3, -0.25) is 9.78 Å². The summed E-state index contributed by atoms with van der Waals surface area (Å²) in [6, 6.07) is 6.63.